The fourth-order valence-electron chi connectivity index (χ4n) is 2.63. The molecule has 0 spiro atoms. The van der Waals surface area contributed by atoms with E-state index in [1.165, 1.54) is 5.56 Å². The normalized spacial score (nSPS) is 12.8. The van der Waals surface area contributed by atoms with Crippen molar-refractivity contribution in [2.24, 2.45) is 5.41 Å². The summed E-state index contributed by atoms with van der Waals surface area (Å²) in [5, 5.41) is 15.3. The van der Waals surface area contributed by atoms with E-state index in [2.05, 4.69) is 43.2 Å². The summed E-state index contributed by atoms with van der Waals surface area (Å²) in [4.78, 5) is 16.7. The van der Waals surface area contributed by atoms with Crippen molar-refractivity contribution in [3.05, 3.63) is 52.0 Å². The maximum absolute atomic E-state index is 12.2. The third-order valence-corrected chi connectivity index (χ3v) is 4.48. The van der Waals surface area contributed by atoms with Gasteiger partial charge in [0.25, 0.3) is 0 Å². The van der Waals surface area contributed by atoms with Crippen molar-refractivity contribution in [2.75, 3.05) is 6.61 Å². The van der Waals surface area contributed by atoms with Crippen LogP contribution in [0.2, 0.25) is 0 Å². The Morgan fingerprint density at radius 2 is 2.00 bits per heavy atom. The number of thiazole rings is 1. The van der Waals surface area contributed by atoms with Crippen LogP contribution in [0.4, 0.5) is 0 Å². The Kier molecular flexibility index (Phi) is 6.52. The van der Waals surface area contributed by atoms with E-state index in [0.29, 0.717) is 0 Å². The van der Waals surface area contributed by atoms with Crippen LogP contribution < -0.4 is 5.32 Å². The lowest BCUT2D eigenvalue weighted by atomic mass is 9.88. The smallest absolute Gasteiger partial charge is 0.226 e. The molecule has 1 amide bonds. The van der Waals surface area contributed by atoms with Crippen LogP contribution in [-0.2, 0) is 17.6 Å². The number of aromatic nitrogens is 1. The fraction of sp³-hybridized carbons (Fsp3) is 0.474. The quantitative estimate of drug-likeness (QED) is 0.809. The predicted octanol–water partition coefficient (Wildman–Crippen LogP) is 3.19. The van der Waals surface area contributed by atoms with Gasteiger partial charge in [-0.3, -0.25) is 4.79 Å². The van der Waals surface area contributed by atoms with Crippen molar-refractivity contribution < 1.29 is 9.90 Å². The molecule has 24 heavy (non-hydrogen) atoms. The van der Waals surface area contributed by atoms with Gasteiger partial charge in [-0.2, -0.15) is 0 Å². The molecule has 4 nitrogen and oxygen atoms in total. The number of carbonyl (C=O) groups is 1. The molecule has 5 heteroatoms. The van der Waals surface area contributed by atoms with E-state index in [1.54, 1.807) is 11.3 Å². The Morgan fingerprint density at radius 1 is 1.29 bits per heavy atom. The number of aliphatic hydroxyl groups excluding tert-OH is 1. The van der Waals surface area contributed by atoms with Gasteiger partial charge in [0.2, 0.25) is 5.91 Å². The molecule has 0 fully saturated rings. The molecule has 2 N–H and O–H groups in total. The Labute approximate surface area is 148 Å². The van der Waals surface area contributed by atoms with Gasteiger partial charge in [-0.25, -0.2) is 4.98 Å². The van der Waals surface area contributed by atoms with Crippen molar-refractivity contribution in [3.63, 3.8) is 0 Å². The molecule has 0 saturated carbocycles. The summed E-state index contributed by atoms with van der Waals surface area (Å²) in [7, 11) is 0. The molecule has 1 aromatic carbocycles. The highest BCUT2D eigenvalue weighted by Gasteiger charge is 2.20. The van der Waals surface area contributed by atoms with Crippen LogP contribution in [0.1, 0.15) is 43.5 Å². The topological polar surface area (TPSA) is 62.2 Å². The van der Waals surface area contributed by atoms with Crippen molar-refractivity contribution >= 4 is 17.2 Å². The number of carbonyl (C=O) groups excluding carboxylic acids is 1. The van der Waals surface area contributed by atoms with Crippen molar-refractivity contribution in [2.45, 2.75) is 46.1 Å². The first kappa shape index (κ1) is 18.6. The maximum atomic E-state index is 12.2. The molecule has 0 bridgehead atoms. The molecule has 1 unspecified atom stereocenters. The molecule has 0 aliphatic rings. The van der Waals surface area contributed by atoms with Crippen LogP contribution in [0.5, 0.6) is 0 Å². The van der Waals surface area contributed by atoms with E-state index in [1.807, 2.05) is 23.6 Å². The molecule has 1 heterocycles. The molecule has 1 atom stereocenters. The zero-order chi connectivity index (χ0) is 17.6. The molecule has 2 rings (SSSR count). The highest BCUT2D eigenvalue weighted by molar-refractivity contribution is 7.09. The Hall–Kier alpha value is -1.72. The van der Waals surface area contributed by atoms with Gasteiger partial charge in [-0.05, 0) is 17.4 Å². The third-order valence-electron chi connectivity index (χ3n) is 3.58. The summed E-state index contributed by atoms with van der Waals surface area (Å²) in [6.45, 7) is 6.24. The summed E-state index contributed by atoms with van der Waals surface area (Å²) in [5.74, 6) is -0.0881. The number of nitrogens with zero attached hydrogens (tertiary/aromatic N) is 1. The summed E-state index contributed by atoms with van der Waals surface area (Å²) in [6, 6.07) is 9.97. The molecular weight excluding hydrogens is 320 g/mol. The van der Waals surface area contributed by atoms with Crippen LogP contribution in [-0.4, -0.2) is 28.6 Å². The van der Waals surface area contributed by atoms with E-state index in [9.17, 15) is 9.90 Å². The van der Waals surface area contributed by atoms with E-state index in [0.717, 1.165) is 23.5 Å². The van der Waals surface area contributed by atoms with E-state index >= 15 is 0 Å². The van der Waals surface area contributed by atoms with Gasteiger partial charge >= 0.3 is 0 Å². The minimum absolute atomic E-state index is 0.0423. The zero-order valence-corrected chi connectivity index (χ0v) is 15.4. The number of rotatable bonds is 7. The molecule has 0 aliphatic carbocycles. The molecule has 0 saturated heterocycles. The van der Waals surface area contributed by atoms with Gasteiger partial charge in [-0.15, -0.1) is 11.3 Å². The van der Waals surface area contributed by atoms with Gasteiger partial charge in [0.1, 0.15) is 0 Å². The van der Waals surface area contributed by atoms with Crippen LogP contribution >= 0.6 is 11.3 Å². The molecule has 130 valence electrons. The average molecular weight is 346 g/mol. The monoisotopic (exact) mass is 346 g/mol. The molecule has 1 aromatic heterocycles. The third kappa shape index (κ3) is 6.42. The molecular formula is C19H26N2O2S. The van der Waals surface area contributed by atoms with Gasteiger partial charge in [0.05, 0.1) is 29.8 Å². The van der Waals surface area contributed by atoms with Crippen LogP contribution in [0.15, 0.2) is 35.7 Å². The number of hydrogen-bond acceptors (Lipinski definition) is 4. The largest absolute Gasteiger partial charge is 0.394 e. The van der Waals surface area contributed by atoms with E-state index in [-0.39, 0.29) is 30.4 Å². The maximum Gasteiger partial charge on any atom is 0.226 e. The first-order chi connectivity index (χ1) is 11.4. The number of aliphatic hydroxyl groups is 1. The number of hydrogen-bond donors (Lipinski definition) is 2. The summed E-state index contributed by atoms with van der Waals surface area (Å²) in [5.41, 5.74) is 2.06. The highest BCUT2D eigenvalue weighted by Crippen LogP contribution is 2.21. The lowest BCUT2D eigenvalue weighted by Crippen LogP contribution is -2.40. The van der Waals surface area contributed by atoms with Gasteiger partial charge in [-0.1, -0.05) is 51.1 Å². The second-order valence-corrected chi connectivity index (χ2v) is 8.23. The number of nitrogens with one attached hydrogen (secondary N) is 1. The zero-order valence-electron chi connectivity index (χ0n) is 14.6. The van der Waals surface area contributed by atoms with Gasteiger partial charge in [0.15, 0.2) is 0 Å². The van der Waals surface area contributed by atoms with E-state index in [4.69, 9.17) is 0 Å². The summed E-state index contributed by atoms with van der Waals surface area (Å²) < 4.78 is 0. The fourth-order valence-corrected chi connectivity index (χ4v) is 3.45. The average Bonchev–Trinajstić information content (AvgIpc) is 2.93. The molecule has 0 radical (unpaired) electrons. The van der Waals surface area contributed by atoms with Crippen LogP contribution in [0.3, 0.4) is 0 Å². The minimum Gasteiger partial charge on any atom is -0.394 e. The van der Waals surface area contributed by atoms with Gasteiger partial charge in [0, 0.05) is 11.8 Å². The first-order valence-corrected chi connectivity index (χ1v) is 9.11. The summed E-state index contributed by atoms with van der Waals surface area (Å²) in [6.07, 6.45) is 1.79. The Balaban J connectivity index is 1.88. The Morgan fingerprint density at radius 3 is 2.62 bits per heavy atom. The highest BCUT2D eigenvalue weighted by atomic mass is 32.1. The summed E-state index contributed by atoms with van der Waals surface area (Å²) >= 11 is 1.58. The van der Waals surface area contributed by atoms with Crippen molar-refractivity contribution in [1.29, 1.82) is 0 Å². The number of amides is 1. The Bertz CT molecular complexity index is 647. The lowest BCUT2D eigenvalue weighted by molar-refractivity contribution is -0.121. The van der Waals surface area contributed by atoms with Crippen LogP contribution in [0, 0.1) is 5.41 Å². The predicted molar refractivity (Wildman–Crippen MR) is 98.2 cm³/mol. The second-order valence-electron chi connectivity index (χ2n) is 7.28. The minimum atomic E-state index is -0.208. The second kappa shape index (κ2) is 8.40. The SMILES string of the molecule is CC(C)(C)CC(CO)NC(=O)Cc1csc(Cc2ccccc2)n1. The van der Waals surface area contributed by atoms with Crippen LogP contribution in [0.25, 0.3) is 0 Å². The lowest BCUT2D eigenvalue weighted by Gasteiger charge is -2.25. The number of benzene rings is 1. The first-order valence-electron chi connectivity index (χ1n) is 8.23. The molecule has 2 aromatic rings. The van der Waals surface area contributed by atoms with Crippen molar-refractivity contribution in [3.8, 4) is 0 Å². The molecule has 0 aliphatic heterocycles. The van der Waals surface area contributed by atoms with Gasteiger partial charge < -0.3 is 10.4 Å². The van der Waals surface area contributed by atoms with E-state index < -0.39 is 0 Å². The van der Waals surface area contributed by atoms with Crippen molar-refractivity contribution in [1.82, 2.24) is 10.3 Å². The standard InChI is InChI=1S/C19H26N2O2S/c1-19(2,3)11-16(12-22)20-17(23)10-15-13-24-18(21-15)9-14-7-5-4-6-8-14/h4-8,13,16,22H,9-12H2,1-3H3,(H,20,23).